The Morgan fingerprint density at radius 1 is 1.28 bits per heavy atom. The Kier molecular flexibility index (Phi) is 3.44. The minimum atomic E-state index is -0.111. The molecule has 1 N–H and O–H groups in total. The van der Waals surface area contributed by atoms with Crippen molar-refractivity contribution in [2.75, 3.05) is 23.4 Å². The molecule has 150 valence electrons. The third kappa shape index (κ3) is 2.53. The van der Waals surface area contributed by atoms with Crippen LogP contribution < -0.4 is 10.2 Å². The number of aryl methyl sites for hydroxylation is 1. The van der Waals surface area contributed by atoms with E-state index >= 15 is 0 Å². The largest absolute Gasteiger partial charge is 0.377 e. The zero-order valence-corrected chi connectivity index (χ0v) is 16.9. The SMILES string of the molecule is CCc1cc(N2CC3(CC3)c3cnc(NC(C)=O)cc32)nc(C23COC(C2)C3)n1. The van der Waals surface area contributed by atoms with Gasteiger partial charge in [0.1, 0.15) is 17.5 Å². The lowest BCUT2D eigenvalue weighted by atomic mass is 9.69. The molecule has 7 nitrogen and oxygen atoms in total. The van der Waals surface area contributed by atoms with Gasteiger partial charge in [-0.25, -0.2) is 15.0 Å². The summed E-state index contributed by atoms with van der Waals surface area (Å²) in [4.78, 5) is 28.3. The topological polar surface area (TPSA) is 80.2 Å². The molecule has 7 heteroatoms. The van der Waals surface area contributed by atoms with Gasteiger partial charge in [0.25, 0.3) is 0 Å². The van der Waals surface area contributed by atoms with Gasteiger partial charge in [0.15, 0.2) is 0 Å². The number of anilines is 3. The van der Waals surface area contributed by atoms with Crippen LogP contribution in [0.3, 0.4) is 0 Å². The summed E-state index contributed by atoms with van der Waals surface area (Å²) in [6.07, 6.45) is 7.64. The summed E-state index contributed by atoms with van der Waals surface area (Å²) < 4.78 is 5.83. The van der Waals surface area contributed by atoms with E-state index in [1.807, 2.05) is 12.3 Å². The van der Waals surface area contributed by atoms with Crippen LogP contribution in [0, 0.1) is 0 Å². The Morgan fingerprint density at radius 3 is 2.76 bits per heavy atom. The number of hydrogen-bond acceptors (Lipinski definition) is 6. The van der Waals surface area contributed by atoms with Crippen LogP contribution in [0.5, 0.6) is 0 Å². The monoisotopic (exact) mass is 391 g/mol. The fourth-order valence-corrected chi connectivity index (χ4v) is 5.19. The van der Waals surface area contributed by atoms with Crippen molar-refractivity contribution >= 4 is 23.2 Å². The van der Waals surface area contributed by atoms with Crippen molar-refractivity contribution in [3.8, 4) is 0 Å². The van der Waals surface area contributed by atoms with Crippen LogP contribution in [0.4, 0.5) is 17.3 Å². The number of fused-ring (bicyclic) bond motifs is 3. The van der Waals surface area contributed by atoms with Crippen LogP contribution in [-0.2, 0) is 26.8 Å². The van der Waals surface area contributed by atoms with Crippen molar-refractivity contribution in [3.05, 3.63) is 35.4 Å². The standard InChI is InChI=1S/C22H25N5O2/c1-3-14-6-19(26-20(25-14)22-8-15(9-22)29-12-22)27-11-21(4-5-21)16-10-23-18(7-17(16)27)24-13(2)28/h6-7,10,15H,3-5,8-9,11-12H2,1-2H3,(H,23,24,28). The number of amides is 1. The summed E-state index contributed by atoms with van der Waals surface area (Å²) in [6.45, 7) is 5.30. The first-order chi connectivity index (χ1) is 14.0. The maximum absolute atomic E-state index is 11.5. The van der Waals surface area contributed by atoms with E-state index in [2.05, 4.69) is 28.2 Å². The zero-order valence-electron chi connectivity index (χ0n) is 16.9. The first-order valence-corrected chi connectivity index (χ1v) is 10.6. The van der Waals surface area contributed by atoms with Crippen LogP contribution in [0.2, 0.25) is 0 Å². The molecule has 2 aromatic rings. The number of nitrogens with one attached hydrogen (secondary N) is 1. The van der Waals surface area contributed by atoms with Crippen LogP contribution >= 0.6 is 0 Å². The second kappa shape index (κ2) is 5.75. The molecule has 2 aliphatic carbocycles. The van der Waals surface area contributed by atoms with Crippen molar-refractivity contribution in [1.29, 1.82) is 0 Å². The summed E-state index contributed by atoms with van der Waals surface area (Å²) in [5, 5.41) is 2.82. The molecule has 0 unspecified atom stereocenters. The van der Waals surface area contributed by atoms with E-state index in [0.29, 0.717) is 11.9 Å². The van der Waals surface area contributed by atoms with Gasteiger partial charge in [0, 0.05) is 48.5 Å². The molecule has 1 amide bonds. The smallest absolute Gasteiger partial charge is 0.222 e. The van der Waals surface area contributed by atoms with Crippen LogP contribution in [0.1, 0.15) is 56.6 Å². The fourth-order valence-electron chi connectivity index (χ4n) is 5.19. The maximum Gasteiger partial charge on any atom is 0.222 e. The highest BCUT2D eigenvalue weighted by molar-refractivity contribution is 5.89. The second-order valence-electron chi connectivity index (χ2n) is 9.15. The van der Waals surface area contributed by atoms with Crippen LogP contribution in [0.15, 0.2) is 18.3 Å². The van der Waals surface area contributed by atoms with Crippen molar-refractivity contribution in [2.24, 2.45) is 0 Å². The number of nitrogens with zero attached hydrogens (tertiary/aromatic N) is 4. The molecule has 3 aliphatic heterocycles. The van der Waals surface area contributed by atoms with E-state index in [9.17, 15) is 4.79 Å². The van der Waals surface area contributed by atoms with Gasteiger partial charge in [0.05, 0.1) is 23.8 Å². The Balaban J connectivity index is 1.44. The number of hydrogen-bond donors (Lipinski definition) is 1. The average Bonchev–Trinajstić information content (AvgIpc) is 3.02. The molecule has 2 aromatic heterocycles. The van der Waals surface area contributed by atoms with Gasteiger partial charge >= 0.3 is 0 Å². The highest BCUT2D eigenvalue weighted by Gasteiger charge is 2.56. The Labute approximate surface area is 169 Å². The summed E-state index contributed by atoms with van der Waals surface area (Å²) in [5.41, 5.74) is 3.65. The molecule has 2 bridgehead atoms. The number of ether oxygens (including phenoxy) is 1. The highest BCUT2D eigenvalue weighted by atomic mass is 16.5. The highest BCUT2D eigenvalue weighted by Crippen LogP contribution is 2.58. The van der Waals surface area contributed by atoms with Gasteiger partial charge in [-0.2, -0.15) is 0 Å². The molecule has 5 aliphatic rings. The predicted octanol–water partition coefficient (Wildman–Crippen LogP) is 3.01. The summed E-state index contributed by atoms with van der Waals surface area (Å²) in [5.74, 6) is 2.38. The van der Waals surface area contributed by atoms with E-state index in [4.69, 9.17) is 14.7 Å². The lowest BCUT2D eigenvalue weighted by molar-refractivity contribution is -0.114. The zero-order chi connectivity index (χ0) is 19.8. The molecule has 7 rings (SSSR count). The molecular weight excluding hydrogens is 366 g/mol. The Hall–Kier alpha value is -2.54. The summed E-state index contributed by atoms with van der Waals surface area (Å²) in [6, 6.07) is 4.11. The summed E-state index contributed by atoms with van der Waals surface area (Å²) in [7, 11) is 0. The van der Waals surface area contributed by atoms with Crippen molar-refractivity contribution in [2.45, 2.75) is 62.9 Å². The minimum Gasteiger partial charge on any atom is -0.377 e. The first-order valence-electron chi connectivity index (χ1n) is 10.6. The van der Waals surface area contributed by atoms with Gasteiger partial charge < -0.3 is 15.0 Å². The van der Waals surface area contributed by atoms with Crippen molar-refractivity contribution in [3.63, 3.8) is 0 Å². The summed E-state index contributed by atoms with van der Waals surface area (Å²) >= 11 is 0. The van der Waals surface area contributed by atoms with Gasteiger partial charge in [-0.05, 0) is 32.1 Å². The molecule has 0 aromatic carbocycles. The lowest BCUT2D eigenvalue weighted by Gasteiger charge is -2.34. The van der Waals surface area contributed by atoms with E-state index in [-0.39, 0.29) is 16.7 Å². The van der Waals surface area contributed by atoms with Gasteiger partial charge in [-0.15, -0.1) is 0 Å². The van der Waals surface area contributed by atoms with Gasteiger partial charge in [-0.1, -0.05) is 6.92 Å². The van der Waals surface area contributed by atoms with E-state index in [0.717, 1.165) is 55.4 Å². The quantitative estimate of drug-likeness (QED) is 0.863. The maximum atomic E-state index is 11.5. The molecular formula is C22H25N5O2. The molecule has 2 saturated carbocycles. The normalized spacial score (nSPS) is 27.7. The predicted molar refractivity (Wildman–Crippen MR) is 109 cm³/mol. The van der Waals surface area contributed by atoms with E-state index in [1.54, 1.807) is 0 Å². The molecule has 2 saturated heterocycles. The number of pyridine rings is 1. The second-order valence-corrected chi connectivity index (χ2v) is 9.15. The third-order valence-corrected chi connectivity index (χ3v) is 7.07. The Morgan fingerprint density at radius 2 is 2.10 bits per heavy atom. The average molecular weight is 391 g/mol. The number of aromatic nitrogens is 3. The number of carbonyl (C=O) groups is 1. The molecule has 29 heavy (non-hydrogen) atoms. The molecule has 5 heterocycles. The first kappa shape index (κ1) is 17.3. The number of rotatable bonds is 4. The number of carbonyl (C=O) groups excluding carboxylic acids is 1. The van der Waals surface area contributed by atoms with Crippen LogP contribution in [0.25, 0.3) is 0 Å². The third-order valence-electron chi connectivity index (χ3n) is 7.07. The molecule has 1 spiro atoms. The van der Waals surface area contributed by atoms with Crippen LogP contribution in [-0.4, -0.2) is 40.1 Å². The Bertz CT molecular complexity index is 1020. The van der Waals surface area contributed by atoms with E-state index < -0.39 is 0 Å². The lowest BCUT2D eigenvalue weighted by Crippen LogP contribution is -2.39. The minimum absolute atomic E-state index is 0.00398. The van der Waals surface area contributed by atoms with Gasteiger partial charge in [0.2, 0.25) is 5.91 Å². The van der Waals surface area contributed by atoms with Crippen molar-refractivity contribution in [1.82, 2.24) is 15.0 Å². The van der Waals surface area contributed by atoms with Crippen molar-refractivity contribution < 1.29 is 9.53 Å². The van der Waals surface area contributed by atoms with E-state index in [1.165, 1.54) is 25.3 Å². The molecule has 0 atom stereocenters. The van der Waals surface area contributed by atoms with Gasteiger partial charge in [-0.3, -0.25) is 4.79 Å². The fraction of sp³-hybridized carbons (Fsp3) is 0.545. The molecule has 0 radical (unpaired) electrons. The molecule has 4 fully saturated rings.